The number of nitrogen functional groups attached to an aromatic ring is 1. The summed E-state index contributed by atoms with van der Waals surface area (Å²) in [5.41, 5.74) is 7.39. The lowest BCUT2D eigenvalue weighted by atomic mass is 10.0. The maximum Gasteiger partial charge on any atom is 0.125 e. The van der Waals surface area contributed by atoms with E-state index in [0.717, 1.165) is 18.7 Å². The minimum absolute atomic E-state index is 0.211. The Morgan fingerprint density at radius 1 is 1.40 bits per heavy atom. The van der Waals surface area contributed by atoms with Gasteiger partial charge in [0.15, 0.2) is 0 Å². The summed E-state index contributed by atoms with van der Waals surface area (Å²) in [6, 6.07) is 5.05. The molecule has 0 radical (unpaired) electrons. The van der Waals surface area contributed by atoms with Crippen molar-refractivity contribution < 1.29 is 4.39 Å². The zero-order valence-corrected chi connectivity index (χ0v) is 9.04. The van der Waals surface area contributed by atoms with Crippen molar-refractivity contribution >= 4 is 11.4 Å². The first kappa shape index (κ1) is 10.3. The quantitative estimate of drug-likeness (QED) is 0.719. The van der Waals surface area contributed by atoms with Gasteiger partial charge in [-0.15, -0.1) is 0 Å². The molecule has 0 spiro atoms. The van der Waals surface area contributed by atoms with Gasteiger partial charge < -0.3 is 10.6 Å². The molecule has 1 aliphatic heterocycles. The summed E-state index contributed by atoms with van der Waals surface area (Å²) >= 11 is 0. The standard InChI is InChI=1S/C12H17FN2/c1-9-4-2-3-7-15(9)12-8-10(13)5-6-11(12)14/h5-6,8-9H,2-4,7,14H2,1H3. The Bertz CT molecular complexity index is 351. The molecule has 1 unspecified atom stereocenters. The third kappa shape index (κ3) is 2.06. The van der Waals surface area contributed by atoms with Gasteiger partial charge in [0.2, 0.25) is 0 Å². The number of hydrogen-bond donors (Lipinski definition) is 1. The van der Waals surface area contributed by atoms with Crippen molar-refractivity contribution in [2.24, 2.45) is 0 Å². The molecule has 1 saturated heterocycles. The SMILES string of the molecule is CC1CCCCN1c1cc(F)ccc1N. The van der Waals surface area contributed by atoms with Gasteiger partial charge in [0, 0.05) is 12.6 Å². The minimum atomic E-state index is -0.211. The predicted octanol–water partition coefficient (Wildman–Crippen LogP) is 2.79. The van der Waals surface area contributed by atoms with E-state index in [0.29, 0.717) is 11.7 Å². The average molecular weight is 208 g/mol. The van der Waals surface area contributed by atoms with Crippen molar-refractivity contribution in [3.8, 4) is 0 Å². The summed E-state index contributed by atoms with van der Waals surface area (Å²) in [5.74, 6) is -0.211. The Hall–Kier alpha value is -1.25. The highest BCUT2D eigenvalue weighted by Crippen LogP contribution is 2.29. The molecule has 3 heteroatoms. The summed E-state index contributed by atoms with van der Waals surface area (Å²) in [4.78, 5) is 2.21. The zero-order valence-electron chi connectivity index (χ0n) is 9.04. The fourth-order valence-electron chi connectivity index (χ4n) is 2.22. The van der Waals surface area contributed by atoms with Gasteiger partial charge in [-0.1, -0.05) is 0 Å². The Morgan fingerprint density at radius 3 is 2.93 bits per heavy atom. The van der Waals surface area contributed by atoms with Crippen LogP contribution in [-0.2, 0) is 0 Å². The van der Waals surface area contributed by atoms with Crippen LogP contribution >= 0.6 is 0 Å². The summed E-state index contributed by atoms with van der Waals surface area (Å²) in [6.07, 6.45) is 3.59. The number of benzene rings is 1. The lowest BCUT2D eigenvalue weighted by Gasteiger charge is -2.36. The number of hydrogen-bond acceptors (Lipinski definition) is 2. The minimum Gasteiger partial charge on any atom is -0.397 e. The number of nitrogens with zero attached hydrogens (tertiary/aromatic N) is 1. The molecular weight excluding hydrogens is 191 g/mol. The monoisotopic (exact) mass is 208 g/mol. The Kier molecular flexibility index (Phi) is 2.80. The number of rotatable bonds is 1. The lowest BCUT2D eigenvalue weighted by Crippen LogP contribution is -2.37. The highest BCUT2D eigenvalue weighted by atomic mass is 19.1. The van der Waals surface area contributed by atoms with E-state index in [9.17, 15) is 4.39 Å². The van der Waals surface area contributed by atoms with Crippen LogP contribution in [0.2, 0.25) is 0 Å². The second-order valence-corrected chi connectivity index (χ2v) is 4.24. The number of anilines is 2. The first-order valence-electron chi connectivity index (χ1n) is 5.50. The number of halogens is 1. The van der Waals surface area contributed by atoms with Crippen LogP contribution in [0, 0.1) is 5.82 Å². The van der Waals surface area contributed by atoms with Crippen LogP contribution in [0.15, 0.2) is 18.2 Å². The summed E-state index contributed by atoms with van der Waals surface area (Å²) in [5, 5.41) is 0. The van der Waals surface area contributed by atoms with E-state index in [1.54, 1.807) is 6.07 Å². The van der Waals surface area contributed by atoms with Crippen molar-refractivity contribution in [2.45, 2.75) is 32.2 Å². The first-order chi connectivity index (χ1) is 7.18. The molecule has 2 rings (SSSR count). The van der Waals surface area contributed by atoms with Crippen molar-refractivity contribution in [1.82, 2.24) is 0 Å². The molecule has 0 bridgehead atoms. The van der Waals surface area contributed by atoms with Crippen molar-refractivity contribution in [3.63, 3.8) is 0 Å². The van der Waals surface area contributed by atoms with Crippen molar-refractivity contribution in [3.05, 3.63) is 24.0 Å². The molecule has 15 heavy (non-hydrogen) atoms. The molecule has 0 aromatic heterocycles. The third-order valence-corrected chi connectivity index (χ3v) is 3.10. The van der Waals surface area contributed by atoms with E-state index in [4.69, 9.17) is 5.73 Å². The fourth-order valence-corrected chi connectivity index (χ4v) is 2.22. The molecule has 2 nitrogen and oxygen atoms in total. The van der Waals surface area contributed by atoms with Crippen LogP contribution in [0.4, 0.5) is 15.8 Å². The van der Waals surface area contributed by atoms with Crippen LogP contribution in [0.25, 0.3) is 0 Å². The van der Waals surface area contributed by atoms with E-state index >= 15 is 0 Å². The lowest BCUT2D eigenvalue weighted by molar-refractivity contribution is 0.484. The van der Waals surface area contributed by atoms with E-state index in [2.05, 4.69) is 11.8 Å². The number of nitrogens with two attached hydrogens (primary N) is 1. The van der Waals surface area contributed by atoms with E-state index < -0.39 is 0 Å². The van der Waals surface area contributed by atoms with Gasteiger partial charge in [0.25, 0.3) is 0 Å². The highest BCUT2D eigenvalue weighted by Gasteiger charge is 2.20. The molecular formula is C12H17FN2. The maximum atomic E-state index is 13.1. The first-order valence-corrected chi connectivity index (χ1v) is 5.50. The summed E-state index contributed by atoms with van der Waals surface area (Å²) in [7, 11) is 0. The smallest absolute Gasteiger partial charge is 0.125 e. The van der Waals surface area contributed by atoms with Gasteiger partial charge in [-0.2, -0.15) is 0 Å². The van der Waals surface area contributed by atoms with E-state index in [-0.39, 0.29) is 5.82 Å². The van der Waals surface area contributed by atoms with Gasteiger partial charge in [-0.3, -0.25) is 0 Å². The van der Waals surface area contributed by atoms with Crippen LogP contribution in [0.5, 0.6) is 0 Å². The molecule has 1 atom stereocenters. The topological polar surface area (TPSA) is 29.3 Å². The van der Waals surface area contributed by atoms with Gasteiger partial charge in [-0.25, -0.2) is 4.39 Å². The van der Waals surface area contributed by atoms with Crippen molar-refractivity contribution in [2.75, 3.05) is 17.2 Å². The normalized spacial score (nSPS) is 21.7. The fraction of sp³-hybridized carbons (Fsp3) is 0.500. The summed E-state index contributed by atoms with van der Waals surface area (Å²) in [6.45, 7) is 3.15. The Labute approximate surface area is 89.9 Å². The van der Waals surface area contributed by atoms with E-state index in [1.807, 2.05) is 0 Å². The number of piperidine rings is 1. The summed E-state index contributed by atoms with van der Waals surface area (Å²) < 4.78 is 13.1. The van der Waals surface area contributed by atoms with Crippen LogP contribution in [0.1, 0.15) is 26.2 Å². The van der Waals surface area contributed by atoms with E-state index in [1.165, 1.54) is 25.0 Å². The van der Waals surface area contributed by atoms with Crippen molar-refractivity contribution in [1.29, 1.82) is 0 Å². The molecule has 1 fully saturated rings. The second kappa shape index (κ2) is 4.09. The molecule has 0 saturated carbocycles. The molecule has 2 N–H and O–H groups in total. The third-order valence-electron chi connectivity index (χ3n) is 3.10. The molecule has 1 aliphatic rings. The van der Waals surface area contributed by atoms with Gasteiger partial charge >= 0.3 is 0 Å². The Morgan fingerprint density at radius 2 is 2.20 bits per heavy atom. The van der Waals surface area contributed by atoms with Gasteiger partial charge in [0.05, 0.1) is 11.4 Å². The molecule has 82 valence electrons. The molecule has 1 aromatic rings. The molecule has 0 amide bonds. The van der Waals surface area contributed by atoms with Gasteiger partial charge in [-0.05, 0) is 44.4 Å². The molecule has 1 aromatic carbocycles. The zero-order chi connectivity index (χ0) is 10.8. The van der Waals surface area contributed by atoms with Crippen LogP contribution < -0.4 is 10.6 Å². The Balaban J connectivity index is 2.30. The highest BCUT2D eigenvalue weighted by molar-refractivity contribution is 5.68. The van der Waals surface area contributed by atoms with Crippen LogP contribution in [0.3, 0.4) is 0 Å². The molecule has 1 heterocycles. The largest absolute Gasteiger partial charge is 0.397 e. The maximum absolute atomic E-state index is 13.1. The van der Waals surface area contributed by atoms with Crippen LogP contribution in [-0.4, -0.2) is 12.6 Å². The predicted molar refractivity (Wildman–Crippen MR) is 61.5 cm³/mol. The second-order valence-electron chi connectivity index (χ2n) is 4.24. The van der Waals surface area contributed by atoms with Gasteiger partial charge in [0.1, 0.15) is 5.82 Å². The molecule has 0 aliphatic carbocycles. The average Bonchev–Trinajstić information content (AvgIpc) is 2.23.